The van der Waals surface area contributed by atoms with E-state index in [1.807, 2.05) is 91.3 Å². The van der Waals surface area contributed by atoms with Crippen molar-refractivity contribution in [3.05, 3.63) is 276 Å². The Hall–Kier alpha value is -9.00. The van der Waals surface area contributed by atoms with Crippen LogP contribution in [0.5, 0.6) is 0 Å². The molecule has 0 saturated carbocycles. The number of fused-ring (bicyclic) bond motifs is 7. The summed E-state index contributed by atoms with van der Waals surface area (Å²) in [5, 5.41) is 4.44. The second kappa shape index (κ2) is 23.6. The molecular weight excluding hydrogens is 1180 g/mol. The number of nitrogens with zero attached hydrogens (tertiary/aromatic N) is 4. The predicted molar refractivity (Wildman–Crippen MR) is 332 cm³/mol. The van der Waals surface area contributed by atoms with Gasteiger partial charge in [-0.2, -0.15) is 0 Å². The number of aryl methyl sites for hydroxylation is 4. The second-order valence-electron chi connectivity index (χ2n) is 21.5. The zero-order chi connectivity index (χ0) is 54.8. The number of hydrogen-bond acceptors (Lipinski definition) is 5. The van der Waals surface area contributed by atoms with Crippen LogP contribution in [0.3, 0.4) is 0 Å². The molecule has 0 radical (unpaired) electrons. The molecule has 0 fully saturated rings. The standard InChI is InChI=1S/C43H33N2O2.C32H26N2.Ir/c1-25(2)34-22-28(27-20-21-31-29-12-5-9-18-38(29)46-40(31)24-27)23-35(26(3)4)41(34)45-37-17-8-7-16-36(37)44-43(45)33-15-11-14-32-30-13-6-10-19-39(30)47-42(32)33;1-2-11-29(12-3-1)32-20-19-28(24-34-32)18-17-26-9-6-8-25(22-26)15-16-27-10-7-13-30(23-27)31-14-4-5-21-33-31;/h5-14,16-26H,1-4H3;1-11,14,19-24H,15-18H2;/q-1;-2;+3. The maximum Gasteiger partial charge on any atom is 3.00 e. The van der Waals surface area contributed by atoms with Gasteiger partial charge in [0.15, 0.2) is 0 Å². The van der Waals surface area contributed by atoms with Crippen LogP contribution in [0.15, 0.2) is 234 Å². The van der Waals surface area contributed by atoms with Crippen molar-refractivity contribution in [2.45, 2.75) is 65.2 Å². The molecule has 0 aliphatic carbocycles. The number of benzene rings is 9. The van der Waals surface area contributed by atoms with Crippen molar-refractivity contribution in [1.29, 1.82) is 0 Å². The van der Waals surface area contributed by atoms with Crippen LogP contribution in [0.4, 0.5) is 0 Å². The van der Waals surface area contributed by atoms with Gasteiger partial charge in [-0.25, -0.2) is 0 Å². The van der Waals surface area contributed by atoms with Crippen molar-refractivity contribution in [2.75, 3.05) is 0 Å². The van der Waals surface area contributed by atoms with E-state index in [1.165, 1.54) is 44.6 Å². The fourth-order valence-electron chi connectivity index (χ4n) is 11.3. The van der Waals surface area contributed by atoms with Gasteiger partial charge >= 0.3 is 20.1 Å². The molecule has 400 valence electrons. The van der Waals surface area contributed by atoms with Crippen molar-refractivity contribution in [2.24, 2.45) is 0 Å². The van der Waals surface area contributed by atoms with Gasteiger partial charge in [0, 0.05) is 34.2 Å². The van der Waals surface area contributed by atoms with Crippen LogP contribution < -0.4 is 0 Å². The summed E-state index contributed by atoms with van der Waals surface area (Å²) in [6.45, 7) is 9.11. The molecule has 0 N–H and O–H groups in total. The molecular formula is C75H59IrN4O2. The van der Waals surface area contributed by atoms with Gasteiger partial charge in [0.25, 0.3) is 0 Å². The maximum absolute atomic E-state index is 6.52. The number of furan rings is 2. The van der Waals surface area contributed by atoms with E-state index in [2.05, 4.69) is 194 Å². The Kier molecular flexibility index (Phi) is 15.4. The Morgan fingerprint density at radius 3 is 1.82 bits per heavy atom. The van der Waals surface area contributed by atoms with Crippen molar-refractivity contribution in [3.8, 4) is 50.7 Å². The van der Waals surface area contributed by atoms with Crippen LogP contribution in [-0.2, 0) is 45.8 Å². The molecule has 7 heteroatoms. The summed E-state index contributed by atoms with van der Waals surface area (Å²) in [7, 11) is 0. The second-order valence-corrected chi connectivity index (χ2v) is 21.5. The summed E-state index contributed by atoms with van der Waals surface area (Å²) in [6, 6.07) is 83.9. The molecule has 0 atom stereocenters. The minimum absolute atomic E-state index is 0. The van der Waals surface area contributed by atoms with Gasteiger partial charge < -0.3 is 23.4 Å². The molecule has 0 aliphatic heterocycles. The molecule has 0 amide bonds. The molecule has 14 rings (SSSR count). The molecule has 9 aromatic carbocycles. The van der Waals surface area contributed by atoms with Crippen LogP contribution >= 0.6 is 0 Å². The first-order valence-corrected chi connectivity index (χ1v) is 28.1. The number of pyridine rings is 2. The van der Waals surface area contributed by atoms with E-state index in [9.17, 15) is 0 Å². The molecule has 5 heterocycles. The van der Waals surface area contributed by atoms with Gasteiger partial charge in [-0.15, -0.1) is 89.5 Å². The van der Waals surface area contributed by atoms with Crippen molar-refractivity contribution < 1.29 is 28.9 Å². The smallest absolute Gasteiger partial charge is 0.501 e. The summed E-state index contributed by atoms with van der Waals surface area (Å²) in [5.74, 6) is 1.32. The molecule has 0 aliphatic rings. The number of hydrogen-bond donors (Lipinski definition) is 0. The van der Waals surface area contributed by atoms with E-state index < -0.39 is 0 Å². The number of imidazole rings is 1. The van der Waals surface area contributed by atoms with E-state index in [4.69, 9.17) is 13.8 Å². The molecule has 6 nitrogen and oxygen atoms in total. The third kappa shape index (κ3) is 10.9. The Balaban J connectivity index is 0.000000169. The van der Waals surface area contributed by atoms with Crippen LogP contribution in [-0.4, -0.2) is 19.5 Å². The molecule has 0 spiro atoms. The fraction of sp³-hybridized carbons (Fsp3) is 0.133. The van der Waals surface area contributed by atoms with Gasteiger partial charge in [0.05, 0.1) is 22.4 Å². The van der Waals surface area contributed by atoms with Gasteiger partial charge in [-0.3, -0.25) is 4.98 Å². The fourth-order valence-corrected chi connectivity index (χ4v) is 11.3. The Morgan fingerprint density at radius 1 is 0.451 bits per heavy atom. The van der Waals surface area contributed by atoms with Crippen molar-refractivity contribution >= 4 is 54.9 Å². The van der Waals surface area contributed by atoms with E-state index in [0.29, 0.717) is 0 Å². The predicted octanol–water partition coefficient (Wildman–Crippen LogP) is 19.2. The Morgan fingerprint density at radius 2 is 1.10 bits per heavy atom. The summed E-state index contributed by atoms with van der Waals surface area (Å²) in [4.78, 5) is 14.4. The molecule has 0 saturated heterocycles. The molecule has 82 heavy (non-hydrogen) atoms. The van der Waals surface area contributed by atoms with Crippen molar-refractivity contribution in [1.82, 2.24) is 19.5 Å². The average Bonchev–Trinajstić information content (AvgIpc) is 4.43. The molecule has 14 aromatic rings. The Labute approximate surface area is 492 Å². The molecule has 5 aromatic heterocycles. The van der Waals surface area contributed by atoms with Gasteiger partial charge in [-0.05, 0) is 142 Å². The van der Waals surface area contributed by atoms with Crippen LogP contribution in [0.1, 0.15) is 72.9 Å². The minimum Gasteiger partial charge on any atom is -0.501 e. The topological polar surface area (TPSA) is 69.9 Å². The largest absolute Gasteiger partial charge is 3.00 e. The minimum atomic E-state index is 0. The zero-order valence-corrected chi connectivity index (χ0v) is 48.7. The first-order valence-electron chi connectivity index (χ1n) is 28.1. The van der Waals surface area contributed by atoms with Crippen LogP contribution in [0.25, 0.3) is 106 Å². The number of aromatic nitrogens is 4. The Bertz CT molecular complexity index is 4510. The summed E-state index contributed by atoms with van der Waals surface area (Å²) < 4.78 is 15.2. The zero-order valence-electron chi connectivity index (χ0n) is 46.3. The van der Waals surface area contributed by atoms with Crippen LogP contribution in [0.2, 0.25) is 0 Å². The van der Waals surface area contributed by atoms with E-state index in [0.717, 1.165) is 120 Å². The quantitative estimate of drug-likeness (QED) is 0.108. The monoisotopic (exact) mass is 1240 g/mol. The maximum atomic E-state index is 6.52. The normalized spacial score (nSPS) is 11.5. The first-order chi connectivity index (χ1) is 39.8. The van der Waals surface area contributed by atoms with E-state index in [1.54, 1.807) is 0 Å². The summed E-state index contributed by atoms with van der Waals surface area (Å²) in [6.07, 6.45) is 7.83. The SMILES string of the molecule is CC(C)c1cc(-c2ccc3c(c2)oc2ccccc23)cc(C(C)C)c1-n1c(-c2[c-]ccc3c2oc2ccccc23)nc2ccccc21.[Ir+3].[c-]1ccccc1-c1ccc(CCc2cccc(CCc3cc[c-]c(-c4ccccn4)c3)c2)cn1. The van der Waals surface area contributed by atoms with Crippen molar-refractivity contribution in [3.63, 3.8) is 0 Å². The third-order valence-electron chi connectivity index (χ3n) is 15.5. The van der Waals surface area contributed by atoms with Gasteiger partial charge in [0.1, 0.15) is 16.7 Å². The van der Waals surface area contributed by atoms with Crippen LogP contribution in [0, 0.1) is 18.2 Å². The van der Waals surface area contributed by atoms with E-state index in [-0.39, 0.29) is 31.9 Å². The third-order valence-corrected chi connectivity index (χ3v) is 15.5. The summed E-state index contributed by atoms with van der Waals surface area (Å²) in [5.41, 5.74) is 21.7. The van der Waals surface area contributed by atoms with E-state index >= 15 is 0 Å². The molecule has 0 bridgehead atoms. The first kappa shape index (κ1) is 53.6. The number of rotatable bonds is 13. The average molecular weight is 1240 g/mol. The molecule has 0 unspecified atom stereocenters. The summed E-state index contributed by atoms with van der Waals surface area (Å²) >= 11 is 0. The van der Waals surface area contributed by atoms with Gasteiger partial charge in [-0.1, -0.05) is 142 Å². The van der Waals surface area contributed by atoms with Gasteiger partial charge in [0.2, 0.25) is 0 Å². The number of para-hydroxylation sites is 4.